The van der Waals surface area contributed by atoms with E-state index in [0.29, 0.717) is 6.42 Å². The Labute approximate surface area is 128 Å². The maximum atomic E-state index is 9.81. The molecule has 114 valence electrons. The normalized spacial score (nSPS) is 7.62. The molecule has 0 radical (unpaired) electrons. The third-order valence-electron chi connectivity index (χ3n) is 1.83. The highest BCUT2D eigenvalue weighted by molar-refractivity contribution is 5.74. The van der Waals surface area contributed by atoms with Crippen molar-refractivity contribution in [3.05, 3.63) is 72.8 Å². The van der Waals surface area contributed by atoms with Crippen LogP contribution < -0.4 is 0 Å². The fourth-order valence-electron chi connectivity index (χ4n) is 0.770. The van der Waals surface area contributed by atoms with Gasteiger partial charge in [-0.15, -0.1) is 0 Å². The number of Topliss-reactive ketones (excluding diaryl/α,β-unsaturated/α-hetero) is 2. The van der Waals surface area contributed by atoms with Crippen LogP contribution in [0.4, 0.5) is 0 Å². The minimum absolute atomic E-state index is 0.167. The van der Waals surface area contributed by atoms with Gasteiger partial charge in [-0.25, -0.2) is 0 Å². The second-order valence-electron chi connectivity index (χ2n) is 4.27. The van der Waals surface area contributed by atoms with Crippen molar-refractivity contribution in [1.82, 2.24) is 0 Å². The van der Waals surface area contributed by atoms with Gasteiger partial charge in [0, 0.05) is 6.42 Å². The summed E-state index contributed by atoms with van der Waals surface area (Å²) < 4.78 is 0. The smallest absolute Gasteiger partial charge is 0.129 e. The molecule has 0 spiro atoms. The summed E-state index contributed by atoms with van der Waals surface area (Å²) in [5.74, 6) is 0.421. The van der Waals surface area contributed by atoms with Crippen LogP contribution in [-0.4, -0.2) is 11.6 Å². The van der Waals surface area contributed by atoms with E-state index in [1.54, 1.807) is 6.92 Å². The monoisotopic (exact) mass is 286 g/mol. The summed E-state index contributed by atoms with van der Waals surface area (Å²) >= 11 is 0. The Bertz CT molecular complexity index is 347. The zero-order chi connectivity index (χ0) is 16.3. The number of ketones is 2. The van der Waals surface area contributed by atoms with Crippen LogP contribution >= 0.6 is 0 Å². The van der Waals surface area contributed by atoms with Crippen LogP contribution in [0, 0.1) is 0 Å². The first-order valence-electron chi connectivity index (χ1n) is 6.97. The molecule has 2 nitrogen and oxygen atoms in total. The van der Waals surface area contributed by atoms with Crippen molar-refractivity contribution in [3.63, 3.8) is 0 Å². The first-order chi connectivity index (χ1) is 10.0. The Hall–Kier alpha value is -2.22. The summed E-state index contributed by atoms with van der Waals surface area (Å²) in [5.41, 5.74) is 0. The molecule has 2 heteroatoms. The topological polar surface area (TPSA) is 34.1 Å². The minimum Gasteiger partial charge on any atom is -0.300 e. The molecule has 0 aliphatic heterocycles. The number of hydrogen-bond donors (Lipinski definition) is 0. The Balaban J connectivity index is 0. The number of hydrogen-bond acceptors (Lipinski definition) is 2. The predicted octanol–water partition coefficient (Wildman–Crippen LogP) is 4.95. The summed E-state index contributed by atoms with van der Waals surface area (Å²) in [6.45, 7) is 6.49. The van der Waals surface area contributed by atoms with Crippen molar-refractivity contribution in [1.29, 1.82) is 0 Å². The lowest BCUT2D eigenvalue weighted by molar-refractivity contribution is -0.117. The van der Waals surface area contributed by atoms with Gasteiger partial charge in [-0.3, -0.25) is 0 Å². The lowest BCUT2D eigenvalue weighted by Crippen LogP contribution is -1.80. The van der Waals surface area contributed by atoms with Gasteiger partial charge < -0.3 is 9.59 Å². The molecule has 2 aromatic carbocycles. The number of benzene rings is 2. The van der Waals surface area contributed by atoms with Gasteiger partial charge in [-0.1, -0.05) is 79.7 Å². The molecule has 0 aliphatic rings. The molecule has 0 heterocycles. The van der Waals surface area contributed by atoms with E-state index in [4.69, 9.17) is 0 Å². The summed E-state index contributed by atoms with van der Waals surface area (Å²) in [6.07, 6.45) is 0.667. The molecule has 2 aromatic rings. The molecular weight excluding hydrogens is 260 g/mol. The third-order valence-corrected chi connectivity index (χ3v) is 1.83. The van der Waals surface area contributed by atoms with E-state index in [-0.39, 0.29) is 11.6 Å². The molecule has 21 heavy (non-hydrogen) atoms. The van der Waals surface area contributed by atoms with E-state index in [0.717, 1.165) is 0 Å². The van der Waals surface area contributed by atoms with Crippen molar-refractivity contribution in [2.45, 2.75) is 34.1 Å². The van der Waals surface area contributed by atoms with E-state index in [9.17, 15) is 9.59 Å². The number of carbonyl (C=O) groups excluding carboxylic acids is 2. The summed E-state index contributed by atoms with van der Waals surface area (Å²) in [7, 11) is 0. The Morgan fingerprint density at radius 1 is 0.571 bits per heavy atom. The molecule has 0 amide bonds. The summed E-state index contributed by atoms with van der Waals surface area (Å²) in [5, 5.41) is 0. The second kappa shape index (κ2) is 17.8. The van der Waals surface area contributed by atoms with Crippen molar-refractivity contribution < 1.29 is 9.59 Å². The van der Waals surface area contributed by atoms with Gasteiger partial charge in [0.2, 0.25) is 0 Å². The van der Waals surface area contributed by atoms with Crippen molar-refractivity contribution >= 4 is 11.6 Å². The van der Waals surface area contributed by atoms with E-state index in [1.165, 1.54) is 13.8 Å². The highest BCUT2D eigenvalue weighted by Gasteiger charge is 1.76. The number of carbonyl (C=O) groups is 2. The molecule has 0 unspecified atom stereocenters. The van der Waals surface area contributed by atoms with Gasteiger partial charge in [0.25, 0.3) is 0 Å². The highest BCUT2D eigenvalue weighted by Crippen LogP contribution is 1.80. The largest absolute Gasteiger partial charge is 0.300 e. The van der Waals surface area contributed by atoms with E-state index >= 15 is 0 Å². The zero-order valence-corrected chi connectivity index (χ0v) is 13.5. The Morgan fingerprint density at radius 2 is 0.667 bits per heavy atom. The maximum absolute atomic E-state index is 9.81. The third kappa shape index (κ3) is 31.9. The second-order valence-corrected chi connectivity index (χ2v) is 4.27. The molecule has 0 aliphatic carbocycles. The van der Waals surface area contributed by atoms with Gasteiger partial charge in [0.1, 0.15) is 11.6 Å². The average Bonchev–Trinajstić information content (AvgIpc) is 2.51. The Kier molecular flexibility index (Phi) is 17.9. The Morgan fingerprint density at radius 3 is 0.714 bits per heavy atom. The zero-order valence-electron chi connectivity index (χ0n) is 13.5. The molecule has 2 rings (SSSR count). The molecule has 0 saturated heterocycles. The standard InChI is InChI=1S/2C6H6.C4H8O.C3H6O/c2*1-2-4-6-5-3-1;1-3-4(2)5;1-3(2)4/h2*1-6H;3H2,1-2H3;1-2H3. The first-order valence-corrected chi connectivity index (χ1v) is 6.97. The fourth-order valence-corrected chi connectivity index (χ4v) is 0.770. The van der Waals surface area contributed by atoms with Gasteiger partial charge in [0.15, 0.2) is 0 Å². The van der Waals surface area contributed by atoms with Crippen LogP contribution in [0.1, 0.15) is 34.1 Å². The highest BCUT2D eigenvalue weighted by atomic mass is 16.1. The van der Waals surface area contributed by atoms with Crippen LogP contribution in [0.15, 0.2) is 72.8 Å². The fraction of sp³-hybridized carbons (Fsp3) is 0.263. The van der Waals surface area contributed by atoms with Gasteiger partial charge >= 0.3 is 0 Å². The molecule has 0 atom stereocenters. The lowest BCUT2D eigenvalue weighted by Gasteiger charge is -1.71. The van der Waals surface area contributed by atoms with Crippen molar-refractivity contribution in [2.24, 2.45) is 0 Å². The quantitative estimate of drug-likeness (QED) is 0.743. The first kappa shape index (κ1) is 21.1. The molecular formula is C19H26O2. The van der Waals surface area contributed by atoms with E-state index in [1.807, 2.05) is 79.7 Å². The lowest BCUT2D eigenvalue weighted by atomic mass is 10.4. The van der Waals surface area contributed by atoms with Crippen LogP contribution in [0.2, 0.25) is 0 Å². The molecule has 0 N–H and O–H groups in total. The molecule has 0 saturated carbocycles. The maximum Gasteiger partial charge on any atom is 0.129 e. The van der Waals surface area contributed by atoms with Crippen LogP contribution in [-0.2, 0) is 9.59 Å². The van der Waals surface area contributed by atoms with Gasteiger partial charge in [-0.2, -0.15) is 0 Å². The van der Waals surface area contributed by atoms with Gasteiger partial charge in [0.05, 0.1) is 0 Å². The van der Waals surface area contributed by atoms with Crippen LogP contribution in [0.25, 0.3) is 0 Å². The molecule has 0 fully saturated rings. The summed E-state index contributed by atoms with van der Waals surface area (Å²) in [4.78, 5) is 19.3. The van der Waals surface area contributed by atoms with Crippen molar-refractivity contribution in [3.8, 4) is 0 Å². The molecule has 0 aromatic heterocycles. The van der Waals surface area contributed by atoms with Crippen LogP contribution in [0.5, 0.6) is 0 Å². The van der Waals surface area contributed by atoms with Crippen LogP contribution in [0.3, 0.4) is 0 Å². The molecule has 0 bridgehead atoms. The van der Waals surface area contributed by atoms with E-state index < -0.39 is 0 Å². The minimum atomic E-state index is 0.167. The van der Waals surface area contributed by atoms with E-state index in [2.05, 4.69) is 0 Å². The van der Waals surface area contributed by atoms with Gasteiger partial charge in [-0.05, 0) is 20.8 Å². The summed E-state index contributed by atoms with van der Waals surface area (Å²) in [6, 6.07) is 24.0. The predicted molar refractivity (Wildman–Crippen MR) is 90.2 cm³/mol. The average molecular weight is 286 g/mol. The number of rotatable bonds is 1. The van der Waals surface area contributed by atoms with Crippen molar-refractivity contribution in [2.75, 3.05) is 0 Å². The SMILES string of the molecule is CC(C)=O.CCC(C)=O.c1ccccc1.c1ccccc1.